The van der Waals surface area contributed by atoms with Crippen molar-refractivity contribution in [2.24, 2.45) is 0 Å². The van der Waals surface area contributed by atoms with Gasteiger partial charge in [0.15, 0.2) is 0 Å². The average molecular weight is 368 g/mol. The number of para-hydroxylation sites is 1. The number of rotatable bonds is 8. The Labute approximate surface area is 156 Å². The van der Waals surface area contributed by atoms with Gasteiger partial charge in [0, 0.05) is 29.4 Å². The summed E-state index contributed by atoms with van der Waals surface area (Å²) in [5.41, 5.74) is 3.53. The smallest absolute Gasteiger partial charge is 0.273 e. The summed E-state index contributed by atoms with van der Waals surface area (Å²) in [5.74, 6) is -0.267. The fourth-order valence-electron chi connectivity index (χ4n) is 2.99. The van der Waals surface area contributed by atoms with E-state index in [0.29, 0.717) is 12.1 Å². The van der Waals surface area contributed by atoms with Crippen molar-refractivity contribution in [2.45, 2.75) is 19.4 Å². The van der Waals surface area contributed by atoms with Gasteiger partial charge >= 0.3 is 0 Å². The van der Waals surface area contributed by atoms with Crippen LogP contribution in [0.2, 0.25) is 0 Å². The highest BCUT2D eigenvalue weighted by Gasteiger charge is 2.13. The van der Waals surface area contributed by atoms with Crippen molar-refractivity contribution in [3.05, 3.63) is 81.8 Å². The van der Waals surface area contributed by atoms with Gasteiger partial charge in [-0.15, -0.1) is 0 Å². The first-order valence-electron chi connectivity index (χ1n) is 8.74. The molecule has 1 aromatic heterocycles. The molecule has 7 heteroatoms. The van der Waals surface area contributed by atoms with Crippen LogP contribution in [0.25, 0.3) is 11.3 Å². The minimum absolute atomic E-state index is 0.154. The van der Waals surface area contributed by atoms with E-state index < -0.39 is 0 Å². The summed E-state index contributed by atoms with van der Waals surface area (Å²) in [4.78, 5) is 12.8. The van der Waals surface area contributed by atoms with E-state index in [4.69, 9.17) is 0 Å². The molecule has 1 N–H and O–H groups in total. The molecule has 0 amide bonds. The number of hydrogen-bond donors (Lipinski definition) is 1. The van der Waals surface area contributed by atoms with Crippen molar-refractivity contribution >= 4 is 5.69 Å². The van der Waals surface area contributed by atoms with Gasteiger partial charge in [0.2, 0.25) is 0 Å². The summed E-state index contributed by atoms with van der Waals surface area (Å²) in [6, 6.07) is 15.0. The molecule has 0 atom stereocenters. The van der Waals surface area contributed by atoms with Crippen LogP contribution in [0.1, 0.15) is 17.7 Å². The van der Waals surface area contributed by atoms with Crippen molar-refractivity contribution < 1.29 is 9.31 Å². The number of benzene rings is 2. The standard InChI is InChI=1S/C20H21FN4O2/c1-24(14-16-5-2-3-7-20(16)25(26)27)12-4-6-18-13-19(23-22-18)15-8-10-17(21)11-9-15/h2-3,5,7-11,13H,4,6,12,14H2,1H3,(H,22,23). The first kappa shape index (κ1) is 18.7. The van der Waals surface area contributed by atoms with E-state index in [2.05, 4.69) is 15.1 Å². The molecular formula is C20H21FN4O2. The van der Waals surface area contributed by atoms with Crippen LogP contribution in [0.15, 0.2) is 54.6 Å². The highest BCUT2D eigenvalue weighted by Crippen LogP contribution is 2.20. The van der Waals surface area contributed by atoms with Crippen molar-refractivity contribution in [1.82, 2.24) is 15.1 Å². The van der Waals surface area contributed by atoms with Gasteiger partial charge in [0.25, 0.3) is 5.69 Å². The number of nitro benzene ring substituents is 1. The lowest BCUT2D eigenvalue weighted by atomic mass is 10.1. The molecule has 140 valence electrons. The molecule has 6 nitrogen and oxygen atoms in total. The second-order valence-corrected chi connectivity index (χ2v) is 6.51. The van der Waals surface area contributed by atoms with Gasteiger partial charge in [-0.05, 0) is 56.8 Å². The fraction of sp³-hybridized carbons (Fsp3) is 0.250. The highest BCUT2D eigenvalue weighted by molar-refractivity contribution is 5.59. The van der Waals surface area contributed by atoms with E-state index in [1.54, 1.807) is 24.3 Å². The molecule has 0 aliphatic rings. The third-order valence-electron chi connectivity index (χ3n) is 4.39. The zero-order valence-corrected chi connectivity index (χ0v) is 15.1. The van der Waals surface area contributed by atoms with Gasteiger partial charge in [0.05, 0.1) is 10.6 Å². The zero-order valence-electron chi connectivity index (χ0n) is 15.1. The summed E-state index contributed by atoms with van der Waals surface area (Å²) in [7, 11) is 1.95. The molecule has 0 spiro atoms. The molecule has 0 saturated carbocycles. The van der Waals surface area contributed by atoms with Crippen LogP contribution in [0.3, 0.4) is 0 Å². The number of aryl methyl sites for hydroxylation is 1. The molecule has 0 unspecified atom stereocenters. The summed E-state index contributed by atoms with van der Waals surface area (Å²) < 4.78 is 13.0. The Hall–Kier alpha value is -3.06. The first-order valence-corrected chi connectivity index (χ1v) is 8.74. The Kier molecular flexibility index (Phi) is 5.93. The van der Waals surface area contributed by atoms with Gasteiger partial charge in [-0.25, -0.2) is 4.39 Å². The van der Waals surface area contributed by atoms with Crippen LogP contribution in [-0.4, -0.2) is 33.6 Å². The maximum Gasteiger partial charge on any atom is 0.273 e. The summed E-state index contributed by atoms with van der Waals surface area (Å²) in [6.45, 7) is 1.33. The summed E-state index contributed by atoms with van der Waals surface area (Å²) in [6.07, 6.45) is 1.71. The number of nitrogens with one attached hydrogen (secondary N) is 1. The third-order valence-corrected chi connectivity index (χ3v) is 4.39. The summed E-state index contributed by atoms with van der Waals surface area (Å²) >= 11 is 0. The Balaban J connectivity index is 1.51. The minimum atomic E-state index is -0.343. The van der Waals surface area contributed by atoms with Crippen molar-refractivity contribution in [1.29, 1.82) is 0 Å². The van der Waals surface area contributed by atoms with Crippen molar-refractivity contribution in [3.63, 3.8) is 0 Å². The van der Waals surface area contributed by atoms with Gasteiger partial charge in [-0.3, -0.25) is 15.2 Å². The topological polar surface area (TPSA) is 75.1 Å². The second kappa shape index (κ2) is 8.55. The quantitative estimate of drug-likeness (QED) is 0.478. The predicted octanol–water partition coefficient (Wildman–Crippen LogP) is 4.19. The van der Waals surface area contributed by atoms with Crippen molar-refractivity contribution in [3.8, 4) is 11.3 Å². The van der Waals surface area contributed by atoms with E-state index in [9.17, 15) is 14.5 Å². The lowest BCUT2D eigenvalue weighted by molar-refractivity contribution is -0.385. The number of nitro groups is 1. The molecule has 1 heterocycles. The number of aromatic amines is 1. The molecule has 3 aromatic rings. The van der Waals surface area contributed by atoms with E-state index in [0.717, 1.165) is 36.3 Å². The van der Waals surface area contributed by atoms with Crippen LogP contribution < -0.4 is 0 Å². The van der Waals surface area contributed by atoms with Crippen LogP contribution in [0, 0.1) is 15.9 Å². The maximum absolute atomic E-state index is 13.0. The Morgan fingerprint density at radius 2 is 1.93 bits per heavy atom. The molecule has 3 rings (SSSR count). The number of halogens is 1. The van der Waals surface area contributed by atoms with Crippen LogP contribution in [0.4, 0.5) is 10.1 Å². The Morgan fingerprint density at radius 3 is 2.67 bits per heavy atom. The average Bonchev–Trinajstić information content (AvgIpc) is 3.11. The lowest BCUT2D eigenvalue weighted by Crippen LogP contribution is -2.20. The number of aromatic nitrogens is 2. The van der Waals surface area contributed by atoms with E-state index in [1.807, 2.05) is 19.2 Å². The SMILES string of the molecule is CN(CCCc1cc(-c2ccc(F)cc2)n[nH]1)Cc1ccccc1[N+](=O)[O-]. The van der Waals surface area contributed by atoms with Gasteiger partial charge in [-0.1, -0.05) is 18.2 Å². The molecule has 2 aromatic carbocycles. The van der Waals surface area contributed by atoms with E-state index in [-0.39, 0.29) is 16.4 Å². The van der Waals surface area contributed by atoms with Gasteiger partial charge in [0.1, 0.15) is 5.82 Å². The molecule has 0 saturated heterocycles. The van der Waals surface area contributed by atoms with Gasteiger partial charge in [-0.2, -0.15) is 5.10 Å². The summed E-state index contributed by atoms with van der Waals surface area (Å²) in [5, 5.41) is 18.4. The lowest BCUT2D eigenvalue weighted by Gasteiger charge is -2.16. The third kappa shape index (κ3) is 4.98. The highest BCUT2D eigenvalue weighted by atomic mass is 19.1. The Bertz CT molecular complexity index is 908. The molecule has 0 aliphatic carbocycles. The van der Waals surface area contributed by atoms with Crippen molar-refractivity contribution in [2.75, 3.05) is 13.6 Å². The number of H-pyrrole nitrogens is 1. The monoisotopic (exact) mass is 368 g/mol. The Morgan fingerprint density at radius 1 is 1.19 bits per heavy atom. The molecule has 27 heavy (non-hydrogen) atoms. The predicted molar refractivity (Wildman–Crippen MR) is 102 cm³/mol. The molecular weight excluding hydrogens is 347 g/mol. The molecule has 0 radical (unpaired) electrons. The minimum Gasteiger partial charge on any atom is -0.302 e. The normalized spacial score (nSPS) is 11.1. The van der Waals surface area contributed by atoms with Crippen LogP contribution in [-0.2, 0) is 13.0 Å². The fourth-order valence-corrected chi connectivity index (χ4v) is 2.99. The van der Waals surface area contributed by atoms with E-state index in [1.165, 1.54) is 18.2 Å². The number of hydrogen-bond acceptors (Lipinski definition) is 4. The van der Waals surface area contributed by atoms with E-state index >= 15 is 0 Å². The molecule has 0 bridgehead atoms. The largest absolute Gasteiger partial charge is 0.302 e. The zero-order chi connectivity index (χ0) is 19.2. The number of nitrogens with zero attached hydrogens (tertiary/aromatic N) is 3. The molecule has 0 fully saturated rings. The second-order valence-electron chi connectivity index (χ2n) is 6.51. The first-order chi connectivity index (χ1) is 13.0. The maximum atomic E-state index is 13.0. The van der Waals surface area contributed by atoms with Crippen LogP contribution >= 0.6 is 0 Å². The van der Waals surface area contributed by atoms with Gasteiger partial charge < -0.3 is 4.90 Å². The molecule has 0 aliphatic heterocycles. The van der Waals surface area contributed by atoms with Crippen LogP contribution in [0.5, 0.6) is 0 Å².